The number of H-pyrrole nitrogens is 1. The van der Waals surface area contributed by atoms with Gasteiger partial charge in [-0.2, -0.15) is 0 Å². The monoisotopic (exact) mass is 407 g/mol. The molecule has 1 aromatic heterocycles. The Labute approximate surface area is 167 Å². The van der Waals surface area contributed by atoms with Gasteiger partial charge >= 0.3 is 0 Å². The standard InChI is InChI=1S/C20H20Cl2FN3O/c1-11-13(6-7-26(2)3)14-8-12(4-5-19(14)24-11)25-20(27)15-9-18(23)17(22)10-16(15)21/h4-5,8-10,24H,6-7H2,1-3H3,(H,25,27). The Bertz CT molecular complexity index is 1010. The average molecular weight is 408 g/mol. The SMILES string of the molecule is Cc1[nH]c2ccc(NC(=O)c3cc(F)c(Cl)cc3Cl)cc2c1CCN(C)C. The number of amides is 1. The van der Waals surface area contributed by atoms with Crippen LogP contribution in [0.4, 0.5) is 10.1 Å². The number of rotatable bonds is 5. The highest BCUT2D eigenvalue weighted by Gasteiger charge is 2.16. The minimum Gasteiger partial charge on any atom is -0.358 e. The van der Waals surface area contributed by atoms with Crippen LogP contribution in [0.5, 0.6) is 0 Å². The lowest BCUT2D eigenvalue weighted by Gasteiger charge is -2.10. The number of hydrogen-bond donors (Lipinski definition) is 2. The van der Waals surface area contributed by atoms with Crippen LogP contribution in [0.3, 0.4) is 0 Å². The van der Waals surface area contributed by atoms with E-state index in [1.165, 1.54) is 11.6 Å². The highest BCUT2D eigenvalue weighted by atomic mass is 35.5. The van der Waals surface area contributed by atoms with Gasteiger partial charge in [0.2, 0.25) is 0 Å². The predicted molar refractivity (Wildman–Crippen MR) is 110 cm³/mol. The fourth-order valence-electron chi connectivity index (χ4n) is 3.01. The Kier molecular flexibility index (Phi) is 5.75. The molecule has 0 saturated carbocycles. The highest BCUT2D eigenvalue weighted by Crippen LogP contribution is 2.28. The van der Waals surface area contributed by atoms with Gasteiger partial charge in [-0.25, -0.2) is 4.39 Å². The van der Waals surface area contributed by atoms with Crippen molar-refractivity contribution < 1.29 is 9.18 Å². The smallest absolute Gasteiger partial charge is 0.257 e. The van der Waals surface area contributed by atoms with Gasteiger partial charge in [-0.15, -0.1) is 0 Å². The molecule has 7 heteroatoms. The van der Waals surface area contributed by atoms with E-state index in [2.05, 4.69) is 15.2 Å². The van der Waals surface area contributed by atoms with E-state index in [1.807, 2.05) is 33.2 Å². The number of likely N-dealkylation sites (N-methyl/N-ethyl adjacent to an activating group) is 1. The summed E-state index contributed by atoms with van der Waals surface area (Å²) >= 11 is 11.7. The van der Waals surface area contributed by atoms with Gasteiger partial charge < -0.3 is 15.2 Å². The van der Waals surface area contributed by atoms with Crippen molar-refractivity contribution in [3.63, 3.8) is 0 Å². The van der Waals surface area contributed by atoms with Gasteiger partial charge in [-0.1, -0.05) is 23.2 Å². The molecule has 4 nitrogen and oxygen atoms in total. The van der Waals surface area contributed by atoms with Gasteiger partial charge in [0.25, 0.3) is 5.91 Å². The summed E-state index contributed by atoms with van der Waals surface area (Å²) in [6.07, 6.45) is 0.893. The number of hydrogen-bond acceptors (Lipinski definition) is 2. The second-order valence-corrected chi connectivity index (χ2v) is 7.56. The van der Waals surface area contributed by atoms with Crippen molar-refractivity contribution in [1.82, 2.24) is 9.88 Å². The molecule has 0 spiro atoms. The van der Waals surface area contributed by atoms with E-state index in [0.29, 0.717) is 5.69 Å². The third-order valence-electron chi connectivity index (χ3n) is 4.44. The molecule has 0 saturated heterocycles. The lowest BCUT2D eigenvalue weighted by molar-refractivity contribution is 0.102. The Hall–Kier alpha value is -2.08. The largest absolute Gasteiger partial charge is 0.358 e. The molecule has 0 fully saturated rings. The quantitative estimate of drug-likeness (QED) is 0.565. The number of halogens is 3. The van der Waals surface area contributed by atoms with Crippen LogP contribution in [-0.4, -0.2) is 36.4 Å². The third-order valence-corrected chi connectivity index (χ3v) is 5.04. The van der Waals surface area contributed by atoms with Crippen LogP contribution in [-0.2, 0) is 6.42 Å². The lowest BCUT2D eigenvalue weighted by atomic mass is 10.1. The second-order valence-electron chi connectivity index (χ2n) is 6.74. The molecule has 2 N–H and O–H groups in total. The van der Waals surface area contributed by atoms with Gasteiger partial charge in [-0.05, 0) is 63.3 Å². The van der Waals surface area contributed by atoms with E-state index < -0.39 is 11.7 Å². The van der Waals surface area contributed by atoms with Crippen LogP contribution in [0.1, 0.15) is 21.6 Å². The zero-order valence-electron chi connectivity index (χ0n) is 15.3. The second kappa shape index (κ2) is 7.89. The first-order chi connectivity index (χ1) is 12.8. The van der Waals surface area contributed by atoms with Crippen molar-refractivity contribution in [2.45, 2.75) is 13.3 Å². The maximum atomic E-state index is 13.7. The summed E-state index contributed by atoms with van der Waals surface area (Å²) < 4.78 is 13.7. The molecule has 142 valence electrons. The number of aromatic nitrogens is 1. The van der Waals surface area contributed by atoms with Crippen LogP contribution >= 0.6 is 23.2 Å². The predicted octanol–water partition coefficient (Wildman–Crippen LogP) is 5.28. The van der Waals surface area contributed by atoms with E-state index in [-0.39, 0.29) is 15.6 Å². The number of carbonyl (C=O) groups is 1. The minimum absolute atomic E-state index is 0.0387. The topological polar surface area (TPSA) is 48.1 Å². The Balaban J connectivity index is 1.90. The summed E-state index contributed by atoms with van der Waals surface area (Å²) in [5.41, 5.74) is 3.99. The fraction of sp³-hybridized carbons (Fsp3) is 0.250. The van der Waals surface area contributed by atoms with Crippen LogP contribution in [0.15, 0.2) is 30.3 Å². The summed E-state index contributed by atoms with van der Waals surface area (Å²) in [6.45, 7) is 2.96. The molecule has 0 unspecified atom stereocenters. The molecule has 0 bridgehead atoms. The maximum absolute atomic E-state index is 13.7. The summed E-state index contributed by atoms with van der Waals surface area (Å²) in [4.78, 5) is 18.0. The highest BCUT2D eigenvalue weighted by molar-refractivity contribution is 6.37. The molecule has 1 amide bonds. The van der Waals surface area contributed by atoms with Gasteiger partial charge in [0.15, 0.2) is 0 Å². The molecule has 27 heavy (non-hydrogen) atoms. The molecule has 1 heterocycles. The van der Waals surface area contributed by atoms with Crippen LogP contribution in [0.2, 0.25) is 10.0 Å². The minimum atomic E-state index is -0.686. The van der Waals surface area contributed by atoms with E-state index >= 15 is 0 Å². The van der Waals surface area contributed by atoms with Crippen molar-refractivity contribution in [1.29, 1.82) is 0 Å². The van der Waals surface area contributed by atoms with Crippen molar-refractivity contribution in [2.75, 3.05) is 26.0 Å². The molecule has 3 rings (SSSR count). The van der Waals surface area contributed by atoms with Crippen molar-refractivity contribution >= 4 is 45.7 Å². The van der Waals surface area contributed by atoms with Crippen molar-refractivity contribution in [3.05, 3.63) is 63.0 Å². The molecule has 0 atom stereocenters. The fourth-order valence-corrected chi connectivity index (χ4v) is 3.48. The van der Waals surface area contributed by atoms with E-state index in [4.69, 9.17) is 23.2 Å². The molecular formula is C20H20Cl2FN3O. The van der Waals surface area contributed by atoms with Gasteiger partial charge in [-0.3, -0.25) is 4.79 Å². The number of anilines is 1. The summed E-state index contributed by atoms with van der Waals surface area (Å²) in [6, 6.07) is 7.90. The molecule has 2 aromatic carbocycles. The van der Waals surface area contributed by atoms with Crippen LogP contribution in [0.25, 0.3) is 10.9 Å². The lowest BCUT2D eigenvalue weighted by Crippen LogP contribution is -2.15. The number of carbonyl (C=O) groups excluding carboxylic acids is 1. The summed E-state index contributed by atoms with van der Waals surface area (Å²) in [5.74, 6) is -1.18. The zero-order chi connectivity index (χ0) is 19.7. The Morgan fingerprint density at radius 1 is 1.19 bits per heavy atom. The molecule has 0 radical (unpaired) electrons. The van der Waals surface area contributed by atoms with Crippen LogP contribution in [0, 0.1) is 12.7 Å². The summed E-state index contributed by atoms with van der Waals surface area (Å²) in [7, 11) is 4.07. The number of aromatic amines is 1. The number of fused-ring (bicyclic) bond motifs is 1. The third kappa shape index (κ3) is 4.26. The summed E-state index contributed by atoms with van der Waals surface area (Å²) in [5, 5.41) is 3.82. The van der Waals surface area contributed by atoms with Crippen molar-refractivity contribution in [2.24, 2.45) is 0 Å². The number of nitrogens with zero attached hydrogens (tertiary/aromatic N) is 1. The number of benzene rings is 2. The Morgan fingerprint density at radius 2 is 1.93 bits per heavy atom. The van der Waals surface area contributed by atoms with Crippen LogP contribution < -0.4 is 5.32 Å². The normalized spacial score (nSPS) is 11.4. The van der Waals surface area contributed by atoms with E-state index in [9.17, 15) is 9.18 Å². The first-order valence-corrected chi connectivity index (χ1v) is 9.23. The van der Waals surface area contributed by atoms with E-state index in [1.54, 1.807) is 6.07 Å². The Morgan fingerprint density at radius 3 is 2.63 bits per heavy atom. The first kappa shape index (κ1) is 19.7. The number of aryl methyl sites for hydroxylation is 1. The molecule has 0 aliphatic carbocycles. The molecular weight excluding hydrogens is 388 g/mol. The van der Waals surface area contributed by atoms with Gasteiger partial charge in [0.1, 0.15) is 5.82 Å². The molecule has 0 aliphatic heterocycles. The van der Waals surface area contributed by atoms with E-state index in [0.717, 1.165) is 35.6 Å². The van der Waals surface area contributed by atoms with Gasteiger partial charge in [0, 0.05) is 28.8 Å². The average Bonchev–Trinajstić information content (AvgIpc) is 2.90. The van der Waals surface area contributed by atoms with Crippen molar-refractivity contribution in [3.8, 4) is 0 Å². The molecule has 3 aromatic rings. The number of nitrogens with one attached hydrogen (secondary N) is 2. The molecule has 0 aliphatic rings. The first-order valence-electron chi connectivity index (χ1n) is 8.48. The zero-order valence-corrected chi connectivity index (χ0v) is 16.8. The van der Waals surface area contributed by atoms with Gasteiger partial charge in [0.05, 0.1) is 15.6 Å². The maximum Gasteiger partial charge on any atom is 0.257 e.